The molecule has 0 atom stereocenters. The number of aryl methyl sites for hydroxylation is 1. The molecule has 0 fully saturated rings. The SMILES string of the molecule is CCCCn1cc(-c2cccc(OC)c2)cc(C(=O)NCc2ccccc2)c1=O. The van der Waals surface area contributed by atoms with Crippen molar-refractivity contribution in [2.24, 2.45) is 0 Å². The Morgan fingerprint density at radius 3 is 2.55 bits per heavy atom. The number of unbranched alkanes of at least 4 members (excludes halogenated alkanes) is 1. The molecule has 150 valence electrons. The smallest absolute Gasteiger partial charge is 0.263 e. The minimum atomic E-state index is -0.367. The first-order valence-electron chi connectivity index (χ1n) is 9.83. The molecule has 29 heavy (non-hydrogen) atoms. The third-order valence-electron chi connectivity index (χ3n) is 4.78. The van der Waals surface area contributed by atoms with Crippen molar-refractivity contribution in [3.8, 4) is 16.9 Å². The number of methoxy groups -OCH3 is 1. The Morgan fingerprint density at radius 2 is 1.83 bits per heavy atom. The van der Waals surface area contributed by atoms with Gasteiger partial charge in [0, 0.05) is 19.3 Å². The van der Waals surface area contributed by atoms with Crippen molar-refractivity contribution in [2.75, 3.05) is 7.11 Å². The molecule has 0 aliphatic carbocycles. The van der Waals surface area contributed by atoms with Gasteiger partial charge in [-0.15, -0.1) is 0 Å². The van der Waals surface area contributed by atoms with E-state index in [9.17, 15) is 9.59 Å². The van der Waals surface area contributed by atoms with Gasteiger partial charge < -0.3 is 14.6 Å². The van der Waals surface area contributed by atoms with Gasteiger partial charge in [0.25, 0.3) is 11.5 Å². The molecule has 1 heterocycles. The maximum absolute atomic E-state index is 12.9. The largest absolute Gasteiger partial charge is 0.497 e. The van der Waals surface area contributed by atoms with Crippen molar-refractivity contribution in [1.29, 1.82) is 0 Å². The third kappa shape index (κ3) is 5.13. The molecule has 0 unspecified atom stereocenters. The number of nitrogens with zero attached hydrogens (tertiary/aromatic N) is 1. The second-order valence-corrected chi connectivity index (χ2v) is 6.89. The molecule has 0 bridgehead atoms. The Morgan fingerprint density at radius 1 is 1.03 bits per heavy atom. The van der Waals surface area contributed by atoms with E-state index in [1.807, 2.05) is 60.8 Å². The van der Waals surface area contributed by atoms with Crippen molar-refractivity contribution in [2.45, 2.75) is 32.9 Å². The van der Waals surface area contributed by atoms with Crippen molar-refractivity contribution in [3.05, 3.63) is 88.3 Å². The number of hydrogen-bond acceptors (Lipinski definition) is 3. The van der Waals surface area contributed by atoms with Gasteiger partial charge >= 0.3 is 0 Å². The zero-order valence-electron chi connectivity index (χ0n) is 16.9. The van der Waals surface area contributed by atoms with E-state index in [1.54, 1.807) is 17.7 Å². The number of carbonyl (C=O) groups excluding carboxylic acids is 1. The highest BCUT2D eigenvalue weighted by Gasteiger charge is 2.15. The summed E-state index contributed by atoms with van der Waals surface area (Å²) in [5.41, 5.74) is 2.57. The molecule has 1 aromatic heterocycles. The van der Waals surface area contributed by atoms with Gasteiger partial charge in [-0.3, -0.25) is 9.59 Å². The first-order chi connectivity index (χ1) is 14.1. The number of ether oxygens (including phenoxy) is 1. The lowest BCUT2D eigenvalue weighted by Gasteiger charge is -2.13. The molecule has 0 aliphatic heterocycles. The molecule has 1 N–H and O–H groups in total. The van der Waals surface area contributed by atoms with Gasteiger partial charge in [-0.25, -0.2) is 0 Å². The van der Waals surface area contributed by atoms with Crippen LogP contribution >= 0.6 is 0 Å². The average molecular weight is 390 g/mol. The fourth-order valence-corrected chi connectivity index (χ4v) is 3.13. The molecular formula is C24H26N2O3. The molecule has 0 saturated heterocycles. The summed E-state index contributed by atoms with van der Waals surface area (Å²) in [6, 6.07) is 18.9. The van der Waals surface area contributed by atoms with Crippen LogP contribution in [-0.4, -0.2) is 17.6 Å². The number of rotatable bonds is 8. The number of amides is 1. The molecule has 0 aliphatic rings. The highest BCUT2D eigenvalue weighted by molar-refractivity contribution is 5.95. The number of benzene rings is 2. The number of hydrogen-bond donors (Lipinski definition) is 1. The van der Waals surface area contributed by atoms with Crippen LogP contribution in [0.2, 0.25) is 0 Å². The normalized spacial score (nSPS) is 10.6. The summed E-state index contributed by atoms with van der Waals surface area (Å²) < 4.78 is 6.95. The minimum Gasteiger partial charge on any atom is -0.497 e. The third-order valence-corrected chi connectivity index (χ3v) is 4.78. The lowest BCUT2D eigenvalue weighted by atomic mass is 10.0. The molecule has 0 saturated carbocycles. The van der Waals surface area contributed by atoms with E-state index in [4.69, 9.17) is 4.74 Å². The van der Waals surface area contributed by atoms with Crippen LogP contribution in [-0.2, 0) is 13.1 Å². The van der Waals surface area contributed by atoms with Gasteiger partial charge in [0.05, 0.1) is 7.11 Å². The van der Waals surface area contributed by atoms with Gasteiger partial charge in [0.1, 0.15) is 11.3 Å². The molecule has 1 amide bonds. The highest BCUT2D eigenvalue weighted by Crippen LogP contribution is 2.24. The topological polar surface area (TPSA) is 60.3 Å². The Kier molecular flexibility index (Phi) is 6.85. The predicted octanol–water partition coefficient (Wildman–Crippen LogP) is 4.25. The van der Waals surface area contributed by atoms with E-state index in [2.05, 4.69) is 12.2 Å². The van der Waals surface area contributed by atoms with E-state index in [-0.39, 0.29) is 17.0 Å². The van der Waals surface area contributed by atoms with E-state index in [0.29, 0.717) is 13.1 Å². The van der Waals surface area contributed by atoms with Gasteiger partial charge in [0.2, 0.25) is 0 Å². The maximum Gasteiger partial charge on any atom is 0.263 e. The quantitative estimate of drug-likeness (QED) is 0.625. The van der Waals surface area contributed by atoms with Crippen LogP contribution in [0.1, 0.15) is 35.7 Å². The van der Waals surface area contributed by atoms with Crippen LogP contribution in [0.3, 0.4) is 0 Å². The first kappa shape index (κ1) is 20.4. The Hall–Kier alpha value is -3.34. The van der Waals surface area contributed by atoms with Crippen LogP contribution < -0.4 is 15.6 Å². The second kappa shape index (κ2) is 9.73. The van der Waals surface area contributed by atoms with Crippen molar-refractivity contribution < 1.29 is 9.53 Å². The van der Waals surface area contributed by atoms with Crippen LogP contribution in [0.5, 0.6) is 5.75 Å². The fraction of sp³-hybridized carbons (Fsp3) is 0.250. The van der Waals surface area contributed by atoms with E-state index >= 15 is 0 Å². The van der Waals surface area contributed by atoms with E-state index in [0.717, 1.165) is 35.3 Å². The molecule has 3 rings (SSSR count). The second-order valence-electron chi connectivity index (χ2n) is 6.89. The first-order valence-corrected chi connectivity index (χ1v) is 9.83. The Bertz CT molecular complexity index is 1030. The highest BCUT2D eigenvalue weighted by atomic mass is 16.5. The number of aromatic nitrogens is 1. The van der Waals surface area contributed by atoms with E-state index in [1.165, 1.54) is 0 Å². The van der Waals surface area contributed by atoms with Gasteiger partial charge in [0.15, 0.2) is 0 Å². The van der Waals surface area contributed by atoms with Crippen LogP contribution in [0.4, 0.5) is 0 Å². The van der Waals surface area contributed by atoms with Gasteiger partial charge in [-0.2, -0.15) is 0 Å². The molecule has 0 radical (unpaired) electrons. The lowest BCUT2D eigenvalue weighted by Crippen LogP contribution is -2.33. The van der Waals surface area contributed by atoms with Gasteiger partial charge in [-0.05, 0) is 41.3 Å². The van der Waals surface area contributed by atoms with Crippen molar-refractivity contribution in [1.82, 2.24) is 9.88 Å². The van der Waals surface area contributed by atoms with Crippen molar-refractivity contribution in [3.63, 3.8) is 0 Å². The summed E-state index contributed by atoms with van der Waals surface area (Å²) in [6.07, 6.45) is 3.65. The summed E-state index contributed by atoms with van der Waals surface area (Å²) in [5.74, 6) is 0.359. The van der Waals surface area contributed by atoms with Gasteiger partial charge in [-0.1, -0.05) is 55.8 Å². The average Bonchev–Trinajstić information content (AvgIpc) is 2.77. The van der Waals surface area contributed by atoms with Crippen LogP contribution in [0, 0.1) is 0 Å². The van der Waals surface area contributed by atoms with Crippen LogP contribution in [0.15, 0.2) is 71.7 Å². The molecular weight excluding hydrogens is 364 g/mol. The summed E-state index contributed by atoms with van der Waals surface area (Å²) in [7, 11) is 1.61. The Labute approximate surface area is 171 Å². The number of nitrogens with one attached hydrogen (secondary N) is 1. The van der Waals surface area contributed by atoms with Crippen molar-refractivity contribution >= 4 is 5.91 Å². The molecule has 5 heteroatoms. The summed E-state index contributed by atoms with van der Waals surface area (Å²) in [6.45, 7) is 3.02. The Balaban J connectivity index is 1.95. The molecule has 0 spiro atoms. The monoisotopic (exact) mass is 390 g/mol. The molecule has 5 nitrogen and oxygen atoms in total. The van der Waals surface area contributed by atoms with E-state index < -0.39 is 0 Å². The predicted molar refractivity (Wildman–Crippen MR) is 115 cm³/mol. The summed E-state index contributed by atoms with van der Waals surface area (Å²) >= 11 is 0. The standard InChI is InChI=1S/C24H26N2O3/c1-3-4-13-26-17-20(19-11-8-12-21(14-19)29-2)15-22(24(26)28)23(27)25-16-18-9-6-5-7-10-18/h5-12,14-15,17H,3-4,13,16H2,1-2H3,(H,25,27). The zero-order chi connectivity index (χ0) is 20.6. The minimum absolute atomic E-state index is 0.150. The van der Waals surface area contributed by atoms with Crippen LogP contribution in [0.25, 0.3) is 11.1 Å². The summed E-state index contributed by atoms with van der Waals surface area (Å²) in [4.78, 5) is 25.7. The molecule has 2 aromatic carbocycles. The number of pyridine rings is 1. The fourth-order valence-electron chi connectivity index (χ4n) is 3.13. The maximum atomic E-state index is 12.9. The number of carbonyl (C=O) groups is 1. The zero-order valence-corrected chi connectivity index (χ0v) is 16.9. The summed E-state index contributed by atoms with van der Waals surface area (Å²) in [5, 5.41) is 2.86. The lowest BCUT2D eigenvalue weighted by molar-refractivity contribution is 0.0949. The molecule has 3 aromatic rings.